The summed E-state index contributed by atoms with van der Waals surface area (Å²) in [4.78, 5) is 21.2. The maximum atomic E-state index is 13.8. The van der Waals surface area contributed by atoms with Crippen molar-refractivity contribution in [1.29, 1.82) is 0 Å². The van der Waals surface area contributed by atoms with E-state index >= 15 is 0 Å². The van der Waals surface area contributed by atoms with E-state index in [9.17, 15) is 26.2 Å². The minimum absolute atomic E-state index is 0.165. The van der Waals surface area contributed by atoms with E-state index in [0.29, 0.717) is 31.5 Å². The van der Waals surface area contributed by atoms with Gasteiger partial charge in [-0.05, 0) is 155 Å². The highest BCUT2D eigenvalue weighted by Gasteiger charge is 2.33. The third-order valence-corrected chi connectivity index (χ3v) is 19.9. The van der Waals surface area contributed by atoms with Crippen LogP contribution in [-0.2, 0) is 33.5 Å². The van der Waals surface area contributed by atoms with Crippen LogP contribution in [0, 0.1) is 11.3 Å². The van der Waals surface area contributed by atoms with Crippen molar-refractivity contribution in [3.8, 4) is 0 Å². The third-order valence-electron chi connectivity index (χ3n) is 13.7. The number of halogens is 1. The zero-order valence-electron chi connectivity index (χ0n) is 41.8. The Bertz CT molecular complexity index is 2720. The maximum Gasteiger partial charge on any atom is 0.330 e. The van der Waals surface area contributed by atoms with Crippen molar-refractivity contribution in [3.63, 3.8) is 0 Å². The average molecular weight is 1070 g/mol. The van der Waals surface area contributed by atoms with Crippen molar-refractivity contribution in [1.82, 2.24) is 14.5 Å². The predicted octanol–water partition coefficient (Wildman–Crippen LogP) is 10.6. The lowest BCUT2D eigenvalue weighted by molar-refractivity contribution is 0.0981. The monoisotopic (exact) mass is 1070 g/mol. The molecular weight excluding hydrogens is 997 g/mol. The molecule has 13 nitrogen and oxygen atoms in total. The first-order chi connectivity index (χ1) is 33.8. The van der Waals surface area contributed by atoms with Crippen LogP contribution in [0.3, 0.4) is 0 Å². The molecule has 1 aliphatic carbocycles. The highest BCUT2D eigenvalue weighted by molar-refractivity contribution is 7.99. The number of likely N-dealkylation sites (tertiary alicyclic amines) is 1. The summed E-state index contributed by atoms with van der Waals surface area (Å²) >= 11 is 7.87. The number of rotatable bonds is 22. The molecule has 2 N–H and O–H groups in total. The van der Waals surface area contributed by atoms with Gasteiger partial charge in [0.1, 0.15) is 0 Å². The molecule has 18 heteroatoms. The molecule has 0 saturated carbocycles. The standard InChI is InChI=1S/C53H71ClN5O8PS3/c1-6-66-68(61,67-7-2)38-40-24-28-57(29-25-40)30-26-45(39-69-47-11-9-8-10-12-47)55-50-22-21-48(35-51(50)70(5,62)63)71(64,65)56-52(60)42-15-19-46(20-16-42)59-33-31-58(32-34-59)37-43-36-53(3,4)27-23-49(43)41-13-17-44(54)18-14-41/h8-22,35,40,45,55H,6-7,23-34,36-39H2,1-5H3,(H,56,60)/t45-/m1/s1. The average Bonchev–Trinajstić information content (AvgIpc) is 3.33. The Balaban J connectivity index is 0.966. The number of nitrogens with zero attached hydrogens (tertiary/aromatic N) is 3. The van der Waals surface area contributed by atoms with Crippen LogP contribution < -0.4 is 14.9 Å². The highest BCUT2D eigenvalue weighted by atomic mass is 35.5. The molecule has 2 heterocycles. The molecule has 2 saturated heterocycles. The van der Waals surface area contributed by atoms with Gasteiger partial charge in [0.05, 0.1) is 34.9 Å². The van der Waals surface area contributed by atoms with Crippen LogP contribution >= 0.6 is 31.0 Å². The predicted molar refractivity (Wildman–Crippen MR) is 289 cm³/mol. The van der Waals surface area contributed by atoms with Gasteiger partial charge in [-0.3, -0.25) is 14.3 Å². The van der Waals surface area contributed by atoms with Gasteiger partial charge in [0.15, 0.2) is 9.84 Å². The minimum atomic E-state index is -4.47. The van der Waals surface area contributed by atoms with Gasteiger partial charge < -0.3 is 24.2 Å². The summed E-state index contributed by atoms with van der Waals surface area (Å²) in [7, 11) is -11.5. The molecule has 1 atom stereocenters. The number of carbonyl (C=O) groups excluding carboxylic acids is 1. The number of nitrogens with one attached hydrogen (secondary N) is 2. The number of allylic oxidation sites excluding steroid dienone is 1. The molecule has 4 aromatic carbocycles. The molecule has 0 radical (unpaired) electrons. The molecule has 7 rings (SSSR count). The molecule has 2 aliphatic heterocycles. The van der Waals surface area contributed by atoms with E-state index in [4.69, 9.17) is 20.6 Å². The smallest absolute Gasteiger partial charge is 0.330 e. The number of benzene rings is 4. The Labute approximate surface area is 432 Å². The molecule has 0 aromatic heterocycles. The summed E-state index contributed by atoms with van der Waals surface area (Å²) in [6, 6.07) is 28.8. The molecule has 0 spiro atoms. The number of piperazine rings is 1. The van der Waals surface area contributed by atoms with Crippen LogP contribution in [0.15, 0.2) is 117 Å². The molecule has 1 amide bonds. The topological polar surface area (TPSA) is 155 Å². The van der Waals surface area contributed by atoms with E-state index in [1.807, 2.05) is 68.4 Å². The molecule has 4 aromatic rings. The number of hydrogen-bond donors (Lipinski definition) is 2. The largest absolute Gasteiger partial charge is 0.380 e. The van der Waals surface area contributed by atoms with Crippen molar-refractivity contribution in [2.75, 3.05) is 94.0 Å². The molecule has 71 heavy (non-hydrogen) atoms. The molecule has 3 aliphatic rings. The van der Waals surface area contributed by atoms with Gasteiger partial charge in [0.25, 0.3) is 15.9 Å². The number of anilines is 2. The van der Waals surface area contributed by atoms with Crippen molar-refractivity contribution < 1.29 is 35.2 Å². The first kappa shape index (κ1) is 55.1. The number of amides is 1. The van der Waals surface area contributed by atoms with E-state index in [0.717, 1.165) is 112 Å². The van der Waals surface area contributed by atoms with Crippen molar-refractivity contribution in [3.05, 3.63) is 119 Å². The zero-order valence-corrected chi connectivity index (χ0v) is 45.9. The first-order valence-corrected chi connectivity index (χ1v) is 31.3. The van der Waals surface area contributed by atoms with Crippen LogP contribution in [-0.4, -0.2) is 122 Å². The van der Waals surface area contributed by atoms with Crippen LogP contribution in [0.2, 0.25) is 5.02 Å². The fraction of sp³-hybridized carbons (Fsp3) is 0.491. The lowest BCUT2D eigenvalue weighted by Gasteiger charge is -2.39. The van der Waals surface area contributed by atoms with Gasteiger partial charge in [-0.2, -0.15) is 0 Å². The minimum Gasteiger partial charge on any atom is -0.380 e. The number of sulfone groups is 1. The van der Waals surface area contributed by atoms with E-state index in [2.05, 4.69) is 50.7 Å². The fourth-order valence-electron chi connectivity index (χ4n) is 9.87. The molecule has 0 bridgehead atoms. The number of hydrogen-bond acceptors (Lipinski definition) is 13. The molecule has 2 fully saturated rings. The Kier molecular flexibility index (Phi) is 19.0. The van der Waals surface area contributed by atoms with Crippen LogP contribution in [0.25, 0.3) is 5.57 Å². The first-order valence-electron chi connectivity index (χ1n) is 24.8. The number of sulfonamides is 1. The Hall–Kier alpha value is -3.70. The zero-order chi connectivity index (χ0) is 50.8. The van der Waals surface area contributed by atoms with Crippen molar-refractivity contribution in [2.45, 2.75) is 86.9 Å². The number of thioether (sulfide) groups is 1. The van der Waals surface area contributed by atoms with Crippen LogP contribution in [0.5, 0.6) is 0 Å². The van der Waals surface area contributed by atoms with Gasteiger partial charge in [-0.15, -0.1) is 11.8 Å². The highest BCUT2D eigenvalue weighted by Crippen LogP contribution is 2.51. The second-order valence-corrected chi connectivity index (χ2v) is 27.1. The Morgan fingerprint density at radius 1 is 0.859 bits per heavy atom. The normalized spacial score (nSPS) is 18.1. The van der Waals surface area contributed by atoms with Crippen LogP contribution in [0.4, 0.5) is 11.4 Å². The molecular formula is C53H71ClN5O8PS3. The summed E-state index contributed by atoms with van der Waals surface area (Å²) in [5.74, 6) is 0.0288. The van der Waals surface area contributed by atoms with Crippen LogP contribution in [0.1, 0.15) is 82.1 Å². The van der Waals surface area contributed by atoms with E-state index in [-0.39, 0.29) is 38.4 Å². The van der Waals surface area contributed by atoms with Gasteiger partial charge >= 0.3 is 7.60 Å². The summed E-state index contributed by atoms with van der Waals surface area (Å²) in [5, 5.41) is 4.19. The lowest BCUT2D eigenvalue weighted by Crippen LogP contribution is -2.47. The van der Waals surface area contributed by atoms with Gasteiger partial charge in [0, 0.05) is 78.5 Å². The van der Waals surface area contributed by atoms with E-state index in [1.54, 1.807) is 23.9 Å². The van der Waals surface area contributed by atoms with Gasteiger partial charge in [-0.25, -0.2) is 21.6 Å². The van der Waals surface area contributed by atoms with Gasteiger partial charge in [0.2, 0.25) is 0 Å². The summed E-state index contributed by atoms with van der Waals surface area (Å²) < 4.78 is 80.7. The number of carbonyl (C=O) groups is 1. The SMILES string of the molecule is CCOP(=O)(CC1CCN(CC[C@H](CSc2ccccc2)Nc2ccc(S(=O)(=O)NC(=O)c3ccc(N4CCN(CC5=C(c6ccc(Cl)cc6)CCC(C)(C)C5)CC4)cc3)cc2S(C)(=O)=O)CC1)OCC. The summed E-state index contributed by atoms with van der Waals surface area (Å²) in [6.45, 7) is 15.7. The van der Waals surface area contributed by atoms with Gasteiger partial charge in [-0.1, -0.05) is 61.4 Å². The Morgan fingerprint density at radius 3 is 2.15 bits per heavy atom. The number of piperidine rings is 1. The maximum absolute atomic E-state index is 13.8. The van der Waals surface area contributed by atoms with E-state index in [1.165, 1.54) is 28.8 Å². The summed E-state index contributed by atoms with van der Waals surface area (Å²) in [6.07, 6.45) is 7.11. The van der Waals surface area contributed by atoms with E-state index < -0.39 is 33.4 Å². The summed E-state index contributed by atoms with van der Waals surface area (Å²) in [5.41, 5.74) is 5.82. The molecule has 386 valence electrons. The lowest BCUT2D eigenvalue weighted by atomic mass is 9.73. The fourth-order valence-corrected chi connectivity index (χ4v) is 15.0. The van der Waals surface area contributed by atoms with Crippen molar-refractivity contribution >= 4 is 73.7 Å². The second-order valence-electron chi connectivity index (χ2n) is 19.8. The molecule has 0 unspecified atom stereocenters. The quantitative estimate of drug-likeness (QED) is 0.0567. The van der Waals surface area contributed by atoms with Crippen molar-refractivity contribution in [2.24, 2.45) is 11.3 Å². The third kappa shape index (κ3) is 15.7. The second kappa shape index (κ2) is 24.6. The Morgan fingerprint density at radius 2 is 1.52 bits per heavy atom.